The van der Waals surface area contributed by atoms with Crippen molar-refractivity contribution in [2.24, 2.45) is 0 Å². The van der Waals surface area contributed by atoms with Crippen LogP contribution >= 0.6 is 9.90 Å². The Bertz CT molecular complexity index is 349. The van der Waals surface area contributed by atoms with Crippen molar-refractivity contribution in [3.8, 4) is 0 Å². The predicted octanol–water partition coefficient (Wildman–Crippen LogP) is 1.04. The summed E-state index contributed by atoms with van der Waals surface area (Å²) in [6, 6.07) is 0. The van der Waals surface area contributed by atoms with Gasteiger partial charge in [-0.15, -0.1) is 0 Å². The summed E-state index contributed by atoms with van der Waals surface area (Å²) in [5, 5.41) is 0. The first-order valence-electron chi connectivity index (χ1n) is 4.63. The van der Waals surface area contributed by atoms with Gasteiger partial charge in [0.15, 0.2) is 23.8 Å². The van der Waals surface area contributed by atoms with Crippen molar-refractivity contribution in [2.75, 3.05) is 11.5 Å². The zero-order valence-electron chi connectivity index (χ0n) is 9.78. The van der Waals surface area contributed by atoms with E-state index >= 15 is 0 Å². The molecule has 0 aliphatic carbocycles. The molecule has 0 aromatic heterocycles. The number of sulfone groups is 2. The summed E-state index contributed by atoms with van der Waals surface area (Å²) in [5.74, 6) is -0.285. The highest BCUT2D eigenvalue weighted by molar-refractivity contribution is 8.10. The van der Waals surface area contributed by atoms with E-state index in [4.69, 9.17) is 0 Å². The summed E-state index contributed by atoms with van der Waals surface area (Å²) in [7, 11) is -7.14. The van der Waals surface area contributed by atoms with E-state index in [1.807, 2.05) is 0 Å². The van der Waals surface area contributed by atoms with Crippen LogP contribution in [0.5, 0.6) is 0 Å². The van der Waals surface area contributed by atoms with Crippen LogP contribution in [0.2, 0.25) is 0 Å². The van der Waals surface area contributed by atoms with Crippen LogP contribution in [0.15, 0.2) is 0 Å². The van der Waals surface area contributed by atoms with E-state index in [0.29, 0.717) is 0 Å². The van der Waals surface area contributed by atoms with Gasteiger partial charge < -0.3 is 0 Å². The van der Waals surface area contributed by atoms with Crippen molar-refractivity contribution in [3.05, 3.63) is 0 Å². The summed E-state index contributed by atoms with van der Waals surface area (Å²) < 4.78 is 45.1. The Balaban J connectivity index is 0. The van der Waals surface area contributed by atoms with Crippen molar-refractivity contribution in [1.82, 2.24) is 0 Å². The van der Waals surface area contributed by atoms with E-state index in [9.17, 15) is 16.8 Å². The third kappa shape index (κ3) is 2.92. The molecule has 0 heterocycles. The van der Waals surface area contributed by atoms with Crippen molar-refractivity contribution in [2.45, 2.75) is 38.2 Å². The lowest BCUT2D eigenvalue weighted by Crippen LogP contribution is -2.44. The predicted molar refractivity (Wildman–Crippen MR) is 68.7 cm³/mol. The molecular weight excluding hydrogens is 255 g/mol. The molecule has 1 unspecified atom stereocenters. The summed E-state index contributed by atoms with van der Waals surface area (Å²) in [6.07, 6.45) is 0.0966. The molecule has 0 spiro atoms. The maximum Gasteiger partial charge on any atom is 0.170 e. The molecule has 0 amide bonds. The molecule has 15 heavy (non-hydrogen) atoms. The highest BCUT2D eigenvalue weighted by atomic mass is 32.3. The molecule has 0 N–H and O–H groups in total. The minimum Gasteiger partial charge on any atom is -0.227 e. The molecule has 4 nitrogen and oxygen atoms in total. The SMILES string of the molecule is CCC(C)(S(=O)(=O)CC)S(=O)(=O)CC.P. The van der Waals surface area contributed by atoms with Crippen LogP contribution in [0.25, 0.3) is 0 Å². The second-order valence-electron chi connectivity index (χ2n) is 3.29. The molecule has 94 valence electrons. The van der Waals surface area contributed by atoms with E-state index in [1.54, 1.807) is 6.92 Å². The second kappa shape index (κ2) is 5.60. The van der Waals surface area contributed by atoms with Crippen LogP contribution in [0.4, 0.5) is 0 Å². The van der Waals surface area contributed by atoms with Crippen LogP contribution in [-0.2, 0) is 19.7 Å². The van der Waals surface area contributed by atoms with Gasteiger partial charge in [-0.1, -0.05) is 20.8 Å². The number of hydrogen-bond acceptors (Lipinski definition) is 4. The molecule has 0 aliphatic heterocycles. The van der Waals surface area contributed by atoms with Gasteiger partial charge >= 0.3 is 0 Å². The van der Waals surface area contributed by atoms with Gasteiger partial charge in [-0.2, -0.15) is 9.90 Å². The molecular formula is C8H21O4PS2. The van der Waals surface area contributed by atoms with Crippen molar-refractivity contribution in [1.29, 1.82) is 0 Å². The molecule has 1 atom stereocenters. The van der Waals surface area contributed by atoms with Crippen LogP contribution < -0.4 is 0 Å². The quantitative estimate of drug-likeness (QED) is 0.704. The second-order valence-corrected chi connectivity index (χ2v) is 8.97. The molecule has 0 radical (unpaired) electrons. The van der Waals surface area contributed by atoms with E-state index in [0.717, 1.165) is 0 Å². The van der Waals surface area contributed by atoms with Crippen LogP contribution in [0.3, 0.4) is 0 Å². The fourth-order valence-corrected chi connectivity index (χ4v) is 5.60. The third-order valence-corrected chi connectivity index (χ3v) is 8.97. The molecule has 0 aromatic carbocycles. The van der Waals surface area contributed by atoms with Gasteiger partial charge in [0, 0.05) is 11.5 Å². The monoisotopic (exact) mass is 276 g/mol. The lowest BCUT2D eigenvalue weighted by Gasteiger charge is -2.26. The van der Waals surface area contributed by atoms with Crippen molar-refractivity contribution >= 4 is 29.6 Å². The minimum atomic E-state index is -3.57. The van der Waals surface area contributed by atoms with Gasteiger partial charge in [-0.25, -0.2) is 16.8 Å². The average molecular weight is 276 g/mol. The Morgan fingerprint density at radius 3 is 1.27 bits per heavy atom. The van der Waals surface area contributed by atoms with Gasteiger partial charge in [0.05, 0.1) is 0 Å². The number of rotatable bonds is 5. The molecule has 7 heteroatoms. The van der Waals surface area contributed by atoms with Crippen LogP contribution in [0, 0.1) is 0 Å². The Hall–Kier alpha value is 0.330. The van der Waals surface area contributed by atoms with Gasteiger partial charge in [-0.3, -0.25) is 0 Å². The largest absolute Gasteiger partial charge is 0.227 e. The van der Waals surface area contributed by atoms with E-state index < -0.39 is 23.8 Å². The summed E-state index contributed by atoms with van der Waals surface area (Å²) in [5.41, 5.74) is 0. The standard InChI is InChI=1S/C8H18O4S2.H3P/c1-5-8(4,13(9,10)6-2)14(11,12)7-3;/h5-7H2,1-4H3;1H3. The van der Waals surface area contributed by atoms with Crippen LogP contribution in [-0.4, -0.2) is 32.4 Å². The molecule has 0 aliphatic rings. The molecule has 0 bridgehead atoms. The van der Waals surface area contributed by atoms with Gasteiger partial charge in [0.25, 0.3) is 0 Å². The van der Waals surface area contributed by atoms with Crippen molar-refractivity contribution < 1.29 is 16.8 Å². The van der Waals surface area contributed by atoms with Gasteiger partial charge in [0.2, 0.25) is 0 Å². The maximum atomic E-state index is 11.7. The first kappa shape index (κ1) is 17.7. The maximum absolute atomic E-state index is 11.7. The highest BCUT2D eigenvalue weighted by Gasteiger charge is 2.47. The lowest BCUT2D eigenvalue weighted by molar-refractivity contribution is 0.543. The fraction of sp³-hybridized carbons (Fsp3) is 1.00. The van der Waals surface area contributed by atoms with Crippen molar-refractivity contribution in [3.63, 3.8) is 0 Å². The first-order chi connectivity index (χ1) is 6.18. The normalized spacial score (nSPS) is 13.3. The van der Waals surface area contributed by atoms with E-state index in [-0.39, 0.29) is 27.8 Å². The first-order valence-corrected chi connectivity index (χ1v) is 7.93. The van der Waals surface area contributed by atoms with Crippen LogP contribution in [0.1, 0.15) is 34.1 Å². The lowest BCUT2D eigenvalue weighted by atomic mass is 10.4. The summed E-state index contributed by atoms with van der Waals surface area (Å²) in [4.78, 5) is 0. The Morgan fingerprint density at radius 1 is 0.867 bits per heavy atom. The summed E-state index contributed by atoms with van der Waals surface area (Å²) in [6.45, 7) is 5.81. The fourth-order valence-electron chi connectivity index (χ4n) is 1.24. The third-order valence-electron chi connectivity index (χ3n) is 2.72. The summed E-state index contributed by atoms with van der Waals surface area (Å²) >= 11 is 0. The highest BCUT2D eigenvalue weighted by Crippen LogP contribution is 2.29. The average Bonchev–Trinajstić information content (AvgIpc) is 2.15. The minimum absolute atomic E-state index is 0. The molecule has 0 saturated heterocycles. The number of hydrogen-bond donors (Lipinski definition) is 0. The zero-order chi connectivity index (χ0) is 11.6. The Labute approximate surface area is 96.3 Å². The Morgan fingerprint density at radius 2 is 1.13 bits per heavy atom. The molecule has 0 fully saturated rings. The van der Waals surface area contributed by atoms with E-state index in [1.165, 1.54) is 20.8 Å². The molecule has 0 rings (SSSR count). The van der Waals surface area contributed by atoms with Gasteiger partial charge in [0.1, 0.15) is 0 Å². The smallest absolute Gasteiger partial charge is 0.170 e. The zero-order valence-corrected chi connectivity index (χ0v) is 12.8. The Kier molecular flexibility index (Phi) is 6.61. The molecule has 0 aromatic rings. The topological polar surface area (TPSA) is 68.3 Å². The molecule has 0 saturated carbocycles. The van der Waals surface area contributed by atoms with E-state index in [2.05, 4.69) is 0 Å². The van der Waals surface area contributed by atoms with Gasteiger partial charge in [-0.05, 0) is 13.3 Å².